The highest BCUT2D eigenvalue weighted by molar-refractivity contribution is 6.08. The highest BCUT2D eigenvalue weighted by atomic mass is 16.5. The van der Waals surface area contributed by atoms with Crippen LogP contribution < -0.4 is 5.32 Å². The van der Waals surface area contributed by atoms with Crippen molar-refractivity contribution in [2.45, 2.75) is 13.0 Å². The van der Waals surface area contributed by atoms with Crippen LogP contribution in [0.2, 0.25) is 0 Å². The predicted octanol–water partition coefficient (Wildman–Crippen LogP) is 3.32. The highest BCUT2D eigenvalue weighted by Crippen LogP contribution is 2.11. The minimum Gasteiger partial charge on any atom is -0.460 e. The zero-order valence-electron chi connectivity index (χ0n) is 15.8. The first-order valence-electron chi connectivity index (χ1n) is 9.27. The molecule has 5 nitrogen and oxygen atoms in total. The van der Waals surface area contributed by atoms with Gasteiger partial charge >= 0.3 is 5.97 Å². The third-order valence-corrected chi connectivity index (χ3v) is 4.29. The monoisotopic (exact) mass is 387 g/mol. The summed E-state index contributed by atoms with van der Waals surface area (Å²) in [5, 5.41) is 2.55. The summed E-state index contributed by atoms with van der Waals surface area (Å²) in [7, 11) is 0. The quantitative estimate of drug-likeness (QED) is 0.475. The topological polar surface area (TPSA) is 72.5 Å². The maximum absolute atomic E-state index is 12.4. The largest absolute Gasteiger partial charge is 0.460 e. The second-order valence-corrected chi connectivity index (χ2v) is 6.49. The summed E-state index contributed by atoms with van der Waals surface area (Å²) in [5.74, 6) is -0.817. The molecule has 0 fully saturated rings. The van der Waals surface area contributed by atoms with E-state index in [0.29, 0.717) is 11.1 Å². The van der Waals surface area contributed by atoms with Crippen molar-refractivity contribution in [2.75, 3.05) is 6.54 Å². The summed E-state index contributed by atoms with van der Waals surface area (Å²) in [6, 6.07) is 25.2. The summed E-state index contributed by atoms with van der Waals surface area (Å²) in [6.45, 7) is -0.108. The van der Waals surface area contributed by atoms with E-state index in [2.05, 4.69) is 5.32 Å². The third kappa shape index (κ3) is 6.14. The van der Waals surface area contributed by atoms with E-state index < -0.39 is 5.97 Å². The van der Waals surface area contributed by atoms with Crippen LogP contribution >= 0.6 is 0 Å². The summed E-state index contributed by atoms with van der Waals surface area (Å²) in [4.78, 5) is 36.1. The van der Waals surface area contributed by atoms with E-state index in [9.17, 15) is 14.4 Å². The second kappa shape index (κ2) is 9.99. The van der Waals surface area contributed by atoms with Gasteiger partial charge in [-0.2, -0.15) is 0 Å². The molecular weight excluding hydrogens is 366 g/mol. The molecule has 5 heteroatoms. The second-order valence-electron chi connectivity index (χ2n) is 6.49. The number of esters is 1. The summed E-state index contributed by atoms with van der Waals surface area (Å²) in [5.41, 5.74) is 2.83. The Morgan fingerprint density at radius 2 is 1.28 bits per heavy atom. The van der Waals surface area contributed by atoms with Gasteiger partial charge in [0.1, 0.15) is 13.2 Å². The first kappa shape index (κ1) is 20.0. The Hall–Kier alpha value is -3.73. The lowest BCUT2D eigenvalue weighted by molar-refractivity contribution is -0.145. The van der Waals surface area contributed by atoms with Crippen molar-refractivity contribution in [2.24, 2.45) is 0 Å². The Bertz CT molecular complexity index is 967. The number of ether oxygens (including phenoxy) is 1. The van der Waals surface area contributed by atoms with Crippen molar-refractivity contribution >= 4 is 17.7 Å². The Labute approximate surface area is 169 Å². The van der Waals surface area contributed by atoms with Crippen molar-refractivity contribution in [3.05, 3.63) is 107 Å². The fourth-order valence-corrected chi connectivity index (χ4v) is 2.74. The van der Waals surface area contributed by atoms with Gasteiger partial charge in [0.2, 0.25) is 5.91 Å². The lowest BCUT2D eigenvalue weighted by Gasteiger charge is -2.08. The normalized spacial score (nSPS) is 10.2. The van der Waals surface area contributed by atoms with Crippen LogP contribution in [0.4, 0.5) is 0 Å². The van der Waals surface area contributed by atoms with E-state index in [4.69, 9.17) is 4.74 Å². The fourth-order valence-electron chi connectivity index (χ4n) is 2.74. The van der Waals surface area contributed by atoms with Gasteiger partial charge in [-0.3, -0.25) is 14.4 Å². The number of hydrogen-bond acceptors (Lipinski definition) is 4. The standard InChI is InChI=1S/C24H21NO4/c26-22(15-18-7-3-1-4-8-18)25-16-23(27)29-17-19-11-13-21(14-12-19)24(28)20-9-5-2-6-10-20/h1-14H,15-17H2,(H,25,26). The molecule has 0 aliphatic heterocycles. The molecule has 0 atom stereocenters. The number of ketones is 1. The molecule has 0 saturated carbocycles. The number of benzene rings is 3. The number of amides is 1. The number of carbonyl (C=O) groups is 3. The Morgan fingerprint density at radius 1 is 0.690 bits per heavy atom. The zero-order valence-corrected chi connectivity index (χ0v) is 15.8. The van der Waals surface area contributed by atoms with Gasteiger partial charge in [-0.25, -0.2) is 0 Å². The van der Waals surface area contributed by atoms with Crippen LogP contribution in [-0.4, -0.2) is 24.2 Å². The van der Waals surface area contributed by atoms with Crippen LogP contribution in [0, 0.1) is 0 Å². The summed E-state index contributed by atoms with van der Waals surface area (Å²) < 4.78 is 5.18. The van der Waals surface area contributed by atoms with E-state index in [1.807, 2.05) is 48.5 Å². The van der Waals surface area contributed by atoms with Crippen LogP contribution in [-0.2, 0) is 27.4 Å². The molecule has 0 spiro atoms. The van der Waals surface area contributed by atoms with Crippen LogP contribution in [0.15, 0.2) is 84.9 Å². The van der Waals surface area contributed by atoms with Crippen LogP contribution in [0.1, 0.15) is 27.0 Å². The zero-order chi connectivity index (χ0) is 20.5. The van der Waals surface area contributed by atoms with Crippen molar-refractivity contribution in [1.82, 2.24) is 5.32 Å². The van der Waals surface area contributed by atoms with Gasteiger partial charge in [0.25, 0.3) is 0 Å². The highest BCUT2D eigenvalue weighted by Gasteiger charge is 2.10. The van der Waals surface area contributed by atoms with E-state index >= 15 is 0 Å². The molecule has 0 aliphatic carbocycles. The van der Waals surface area contributed by atoms with Crippen LogP contribution in [0.25, 0.3) is 0 Å². The molecule has 3 aromatic rings. The molecule has 0 bridgehead atoms. The SMILES string of the molecule is O=C(Cc1ccccc1)NCC(=O)OCc1ccc(C(=O)c2ccccc2)cc1. The van der Waals surface area contributed by atoms with E-state index in [0.717, 1.165) is 11.1 Å². The average Bonchev–Trinajstić information content (AvgIpc) is 2.77. The minimum atomic E-state index is -0.518. The molecule has 0 aliphatic rings. The van der Waals surface area contributed by atoms with Gasteiger partial charge in [0.15, 0.2) is 5.78 Å². The van der Waals surface area contributed by atoms with E-state index in [-0.39, 0.29) is 31.3 Å². The smallest absolute Gasteiger partial charge is 0.325 e. The van der Waals surface area contributed by atoms with Gasteiger partial charge in [-0.15, -0.1) is 0 Å². The van der Waals surface area contributed by atoms with Crippen LogP contribution in [0.3, 0.4) is 0 Å². The third-order valence-electron chi connectivity index (χ3n) is 4.29. The Kier molecular flexibility index (Phi) is 6.90. The molecule has 3 aromatic carbocycles. The molecule has 29 heavy (non-hydrogen) atoms. The molecule has 3 rings (SSSR count). The fraction of sp³-hybridized carbons (Fsp3) is 0.125. The molecule has 0 unspecified atom stereocenters. The summed E-state index contributed by atoms with van der Waals surface area (Å²) >= 11 is 0. The maximum atomic E-state index is 12.4. The maximum Gasteiger partial charge on any atom is 0.325 e. The molecule has 0 aromatic heterocycles. The minimum absolute atomic E-state index is 0.0599. The van der Waals surface area contributed by atoms with Crippen LogP contribution in [0.5, 0.6) is 0 Å². The Balaban J connectivity index is 1.43. The number of rotatable bonds is 8. The van der Waals surface area contributed by atoms with Crippen molar-refractivity contribution < 1.29 is 19.1 Å². The molecule has 0 saturated heterocycles. The van der Waals surface area contributed by atoms with Gasteiger partial charge in [0, 0.05) is 11.1 Å². The predicted molar refractivity (Wildman–Crippen MR) is 109 cm³/mol. The van der Waals surface area contributed by atoms with E-state index in [1.54, 1.807) is 36.4 Å². The van der Waals surface area contributed by atoms with Gasteiger partial charge in [-0.1, -0.05) is 84.9 Å². The molecule has 0 heterocycles. The first-order chi connectivity index (χ1) is 14.1. The molecule has 1 amide bonds. The lowest BCUT2D eigenvalue weighted by Crippen LogP contribution is -2.31. The molecule has 1 N–H and O–H groups in total. The van der Waals surface area contributed by atoms with E-state index in [1.165, 1.54) is 0 Å². The lowest BCUT2D eigenvalue weighted by atomic mass is 10.0. The Morgan fingerprint density at radius 3 is 1.93 bits per heavy atom. The van der Waals surface area contributed by atoms with Crippen molar-refractivity contribution in [3.8, 4) is 0 Å². The molecular formula is C24H21NO4. The number of nitrogens with one attached hydrogen (secondary N) is 1. The van der Waals surface area contributed by atoms with Gasteiger partial charge in [-0.05, 0) is 11.1 Å². The van der Waals surface area contributed by atoms with Crippen molar-refractivity contribution in [1.29, 1.82) is 0 Å². The first-order valence-corrected chi connectivity index (χ1v) is 9.27. The molecule has 0 radical (unpaired) electrons. The average molecular weight is 387 g/mol. The number of hydrogen-bond donors (Lipinski definition) is 1. The number of carbonyl (C=O) groups excluding carboxylic acids is 3. The molecule has 146 valence electrons. The summed E-state index contributed by atoms with van der Waals surface area (Å²) in [6.07, 6.45) is 0.213. The van der Waals surface area contributed by atoms with Crippen molar-refractivity contribution in [3.63, 3.8) is 0 Å². The van der Waals surface area contributed by atoms with Gasteiger partial charge < -0.3 is 10.1 Å². The van der Waals surface area contributed by atoms with Gasteiger partial charge in [0.05, 0.1) is 6.42 Å².